The highest BCUT2D eigenvalue weighted by Gasteiger charge is 2.33. The molecule has 0 fully saturated rings. The van der Waals surface area contributed by atoms with Crippen molar-refractivity contribution in [1.82, 2.24) is 0 Å². The Hall–Kier alpha value is -0.700. The number of alkyl halides is 1. The smallest absolute Gasteiger partial charge is 0.135 e. The van der Waals surface area contributed by atoms with Crippen molar-refractivity contribution in [1.29, 1.82) is 0 Å². The standard InChI is InChI=1S/C11H13FOS/c1-11(12)6-7-14-10-8(11)4-3-5-9(10)13-2/h3-5H,6-7H2,1-2H3. The lowest BCUT2D eigenvalue weighted by Gasteiger charge is -2.29. The summed E-state index contributed by atoms with van der Waals surface area (Å²) < 4.78 is 19.3. The second-order valence-electron chi connectivity index (χ2n) is 3.63. The van der Waals surface area contributed by atoms with E-state index in [-0.39, 0.29) is 0 Å². The molecule has 0 saturated carbocycles. The summed E-state index contributed by atoms with van der Waals surface area (Å²) in [6.45, 7) is 1.64. The summed E-state index contributed by atoms with van der Waals surface area (Å²) in [5.41, 5.74) is -0.428. The highest BCUT2D eigenvalue weighted by atomic mass is 32.2. The van der Waals surface area contributed by atoms with Crippen LogP contribution in [0.4, 0.5) is 4.39 Å². The average Bonchev–Trinajstić information content (AvgIpc) is 2.17. The van der Waals surface area contributed by atoms with Crippen LogP contribution in [0.15, 0.2) is 23.1 Å². The molecule has 0 radical (unpaired) electrons. The Morgan fingerprint density at radius 2 is 2.29 bits per heavy atom. The van der Waals surface area contributed by atoms with Gasteiger partial charge in [0.05, 0.1) is 12.0 Å². The number of fused-ring (bicyclic) bond motifs is 1. The fourth-order valence-electron chi connectivity index (χ4n) is 1.72. The van der Waals surface area contributed by atoms with Gasteiger partial charge in [-0.2, -0.15) is 0 Å². The maximum Gasteiger partial charge on any atom is 0.135 e. The van der Waals surface area contributed by atoms with Crippen LogP contribution in [0.5, 0.6) is 5.75 Å². The molecule has 1 aliphatic heterocycles. The molecule has 0 saturated heterocycles. The van der Waals surface area contributed by atoms with E-state index in [1.165, 1.54) is 0 Å². The van der Waals surface area contributed by atoms with Gasteiger partial charge in [0.15, 0.2) is 0 Å². The molecule has 0 N–H and O–H groups in total. The van der Waals surface area contributed by atoms with Gasteiger partial charge in [0, 0.05) is 11.3 Å². The van der Waals surface area contributed by atoms with Crippen LogP contribution in [0.25, 0.3) is 0 Å². The van der Waals surface area contributed by atoms with Crippen LogP contribution < -0.4 is 4.74 Å². The lowest BCUT2D eigenvalue weighted by Crippen LogP contribution is -2.21. The second-order valence-corrected chi connectivity index (χ2v) is 4.74. The quantitative estimate of drug-likeness (QED) is 0.705. The molecule has 0 aliphatic carbocycles. The molecule has 3 heteroatoms. The van der Waals surface area contributed by atoms with Crippen LogP contribution in [0, 0.1) is 0 Å². The molecular formula is C11H13FOS. The third-order valence-electron chi connectivity index (χ3n) is 2.58. The first kappa shape index (κ1) is 9.84. The Bertz CT molecular complexity index is 349. The molecule has 0 bridgehead atoms. The third kappa shape index (κ3) is 1.50. The zero-order valence-electron chi connectivity index (χ0n) is 8.34. The van der Waals surface area contributed by atoms with Gasteiger partial charge in [-0.1, -0.05) is 12.1 Å². The molecule has 14 heavy (non-hydrogen) atoms. The fourth-order valence-corrected chi connectivity index (χ4v) is 3.13. The molecule has 1 heterocycles. The lowest BCUT2D eigenvalue weighted by molar-refractivity contribution is 0.179. The Kier molecular flexibility index (Phi) is 2.43. The second kappa shape index (κ2) is 3.46. The molecule has 0 amide bonds. The molecule has 1 unspecified atom stereocenters. The Morgan fingerprint density at radius 1 is 1.50 bits per heavy atom. The molecule has 0 aromatic heterocycles. The number of methoxy groups -OCH3 is 1. The zero-order valence-corrected chi connectivity index (χ0v) is 9.16. The first-order chi connectivity index (χ1) is 6.65. The van der Waals surface area contributed by atoms with E-state index < -0.39 is 5.67 Å². The predicted octanol–water partition coefficient (Wildman–Crippen LogP) is 3.38. The predicted molar refractivity (Wildman–Crippen MR) is 56.8 cm³/mol. The van der Waals surface area contributed by atoms with Crippen LogP contribution in [-0.2, 0) is 5.67 Å². The van der Waals surface area contributed by atoms with Crippen molar-refractivity contribution < 1.29 is 9.13 Å². The third-order valence-corrected chi connectivity index (χ3v) is 3.70. The van der Waals surface area contributed by atoms with Crippen molar-refractivity contribution in [2.75, 3.05) is 12.9 Å². The summed E-state index contributed by atoms with van der Waals surface area (Å²) in [5, 5.41) is 0. The number of rotatable bonds is 1. The van der Waals surface area contributed by atoms with Crippen molar-refractivity contribution >= 4 is 11.8 Å². The minimum atomic E-state index is -1.20. The monoisotopic (exact) mass is 212 g/mol. The zero-order chi connectivity index (χ0) is 10.2. The summed E-state index contributed by atoms with van der Waals surface area (Å²) >= 11 is 1.68. The van der Waals surface area contributed by atoms with Crippen molar-refractivity contribution in [3.05, 3.63) is 23.8 Å². The average molecular weight is 212 g/mol. The van der Waals surface area contributed by atoms with Gasteiger partial charge < -0.3 is 4.74 Å². The normalized spacial score (nSPS) is 25.6. The first-order valence-electron chi connectivity index (χ1n) is 4.64. The van der Waals surface area contributed by atoms with Gasteiger partial charge in [-0.3, -0.25) is 0 Å². The lowest BCUT2D eigenvalue weighted by atomic mass is 9.94. The van der Waals surface area contributed by atoms with Gasteiger partial charge in [0.2, 0.25) is 0 Å². The highest BCUT2D eigenvalue weighted by molar-refractivity contribution is 7.99. The summed E-state index contributed by atoms with van der Waals surface area (Å²) in [5.74, 6) is 1.61. The minimum absolute atomic E-state index is 0.581. The first-order valence-corrected chi connectivity index (χ1v) is 5.63. The summed E-state index contributed by atoms with van der Waals surface area (Å²) in [6.07, 6.45) is 0.581. The summed E-state index contributed by atoms with van der Waals surface area (Å²) in [4.78, 5) is 0.964. The van der Waals surface area contributed by atoms with Crippen LogP contribution in [0.3, 0.4) is 0 Å². The van der Waals surface area contributed by atoms with Crippen molar-refractivity contribution in [2.45, 2.75) is 23.9 Å². The molecule has 1 aliphatic rings. The molecule has 2 rings (SSSR count). The fraction of sp³-hybridized carbons (Fsp3) is 0.455. The topological polar surface area (TPSA) is 9.23 Å². The number of benzene rings is 1. The number of hydrogen-bond donors (Lipinski definition) is 0. The van der Waals surface area contributed by atoms with E-state index in [1.54, 1.807) is 25.8 Å². The molecule has 0 spiro atoms. The molecular weight excluding hydrogens is 199 g/mol. The van der Waals surface area contributed by atoms with Gasteiger partial charge in [-0.05, 0) is 19.4 Å². The Balaban J connectivity index is 2.55. The number of ether oxygens (including phenoxy) is 1. The van der Waals surface area contributed by atoms with Crippen LogP contribution in [0.1, 0.15) is 18.9 Å². The summed E-state index contributed by atoms with van der Waals surface area (Å²) in [6, 6.07) is 5.58. The Morgan fingerprint density at radius 3 is 3.00 bits per heavy atom. The Labute approximate surface area is 87.7 Å². The largest absolute Gasteiger partial charge is 0.496 e. The number of halogens is 1. The van der Waals surface area contributed by atoms with Crippen LogP contribution in [-0.4, -0.2) is 12.9 Å². The minimum Gasteiger partial charge on any atom is -0.496 e. The van der Waals surface area contributed by atoms with E-state index in [2.05, 4.69) is 0 Å². The van der Waals surface area contributed by atoms with Crippen molar-refractivity contribution in [3.63, 3.8) is 0 Å². The van der Waals surface area contributed by atoms with Gasteiger partial charge >= 0.3 is 0 Å². The SMILES string of the molecule is COc1cccc2c1SCCC2(C)F. The van der Waals surface area contributed by atoms with E-state index >= 15 is 0 Å². The molecule has 1 nitrogen and oxygen atoms in total. The van der Waals surface area contributed by atoms with Gasteiger partial charge in [0.1, 0.15) is 11.4 Å². The van der Waals surface area contributed by atoms with Gasteiger partial charge in [0.25, 0.3) is 0 Å². The molecule has 1 atom stereocenters. The number of thioether (sulfide) groups is 1. The number of hydrogen-bond acceptors (Lipinski definition) is 2. The van der Waals surface area contributed by atoms with Crippen molar-refractivity contribution in [2.24, 2.45) is 0 Å². The maximum atomic E-state index is 14.1. The summed E-state index contributed by atoms with van der Waals surface area (Å²) in [7, 11) is 1.63. The molecule has 1 aromatic carbocycles. The van der Waals surface area contributed by atoms with Gasteiger partial charge in [-0.25, -0.2) is 4.39 Å². The van der Waals surface area contributed by atoms with E-state index in [0.717, 1.165) is 22.0 Å². The van der Waals surface area contributed by atoms with Gasteiger partial charge in [-0.15, -0.1) is 11.8 Å². The van der Waals surface area contributed by atoms with E-state index in [0.29, 0.717) is 6.42 Å². The maximum absolute atomic E-state index is 14.1. The van der Waals surface area contributed by atoms with E-state index in [9.17, 15) is 4.39 Å². The van der Waals surface area contributed by atoms with Crippen molar-refractivity contribution in [3.8, 4) is 5.75 Å². The molecule has 1 aromatic rings. The van der Waals surface area contributed by atoms with E-state index in [4.69, 9.17) is 4.74 Å². The van der Waals surface area contributed by atoms with Crippen LogP contribution in [0.2, 0.25) is 0 Å². The van der Waals surface area contributed by atoms with E-state index in [1.807, 2.05) is 18.2 Å². The van der Waals surface area contributed by atoms with Crippen LogP contribution >= 0.6 is 11.8 Å². The highest BCUT2D eigenvalue weighted by Crippen LogP contribution is 2.46. The molecule has 76 valence electrons.